The molecule has 0 saturated carbocycles. The molecule has 0 unspecified atom stereocenters. The number of benzene rings is 4. The molecular weight excluding hydrogens is 472 g/mol. The van der Waals surface area contributed by atoms with Crippen LogP contribution >= 0.6 is 0 Å². The lowest BCUT2D eigenvalue weighted by Crippen LogP contribution is -2.64. The SMILES string of the molecule is O=C(c1ccccc1)N1CCN(C2CN(C(=O)c3ccc(NCc4ccc5ccccc5c4)cc3)C2)CC1. The van der Waals surface area contributed by atoms with Gasteiger partial charge in [0.2, 0.25) is 0 Å². The number of anilines is 1. The van der Waals surface area contributed by atoms with Gasteiger partial charge in [-0.2, -0.15) is 0 Å². The molecule has 2 fully saturated rings. The average molecular weight is 505 g/mol. The van der Waals surface area contributed by atoms with Gasteiger partial charge in [-0.25, -0.2) is 0 Å². The Balaban J connectivity index is 0.964. The van der Waals surface area contributed by atoms with Crippen molar-refractivity contribution in [1.82, 2.24) is 14.7 Å². The van der Waals surface area contributed by atoms with E-state index >= 15 is 0 Å². The minimum absolute atomic E-state index is 0.0835. The number of hydrogen-bond acceptors (Lipinski definition) is 4. The predicted molar refractivity (Wildman–Crippen MR) is 151 cm³/mol. The number of nitrogens with one attached hydrogen (secondary N) is 1. The van der Waals surface area contributed by atoms with Gasteiger partial charge in [0.15, 0.2) is 0 Å². The molecule has 192 valence electrons. The van der Waals surface area contributed by atoms with E-state index in [0.717, 1.165) is 62.6 Å². The third-order valence-corrected chi connectivity index (χ3v) is 7.73. The first-order valence-electron chi connectivity index (χ1n) is 13.3. The first kappa shape index (κ1) is 24.2. The maximum atomic E-state index is 13.0. The zero-order chi connectivity index (χ0) is 25.9. The Morgan fingerprint density at radius 3 is 2.03 bits per heavy atom. The maximum Gasteiger partial charge on any atom is 0.253 e. The zero-order valence-corrected chi connectivity index (χ0v) is 21.4. The van der Waals surface area contributed by atoms with Crippen molar-refractivity contribution >= 4 is 28.3 Å². The molecule has 6 rings (SSSR count). The third-order valence-electron chi connectivity index (χ3n) is 7.73. The van der Waals surface area contributed by atoms with Crippen molar-refractivity contribution in [1.29, 1.82) is 0 Å². The van der Waals surface area contributed by atoms with Gasteiger partial charge in [-0.05, 0) is 58.8 Å². The Bertz CT molecular complexity index is 1420. The van der Waals surface area contributed by atoms with Crippen molar-refractivity contribution in [3.63, 3.8) is 0 Å². The number of rotatable bonds is 6. The van der Waals surface area contributed by atoms with Crippen LogP contribution in [-0.4, -0.2) is 71.8 Å². The molecule has 0 aromatic heterocycles. The van der Waals surface area contributed by atoms with Gasteiger partial charge in [0.25, 0.3) is 11.8 Å². The second kappa shape index (κ2) is 10.7. The molecule has 2 saturated heterocycles. The molecular formula is C32H32N4O2. The molecule has 0 radical (unpaired) electrons. The smallest absolute Gasteiger partial charge is 0.253 e. The molecule has 0 bridgehead atoms. The number of carbonyl (C=O) groups is 2. The molecule has 2 aliphatic heterocycles. The fourth-order valence-electron chi connectivity index (χ4n) is 5.37. The van der Waals surface area contributed by atoms with Crippen molar-refractivity contribution in [3.05, 3.63) is 114 Å². The van der Waals surface area contributed by atoms with E-state index in [2.05, 4.69) is 52.7 Å². The molecule has 4 aromatic rings. The summed E-state index contributed by atoms with van der Waals surface area (Å²) in [5, 5.41) is 5.94. The Morgan fingerprint density at radius 1 is 0.658 bits per heavy atom. The summed E-state index contributed by atoms with van der Waals surface area (Å²) in [4.78, 5) is 32.0. The summed E-state index contributed by atoms with van der Waals surface area (Å²) in [6, 6.07) is 32.5. The fraction of sp³-hybridized carbons (Fsp3) is 0.250. The lowest BCUT2D eigenvalue weighted by Gasteiger charge is -2.48. The van der Waals surface area contributed by atoms with Crippen molar-refractivity contribution in [3.8, 4) is 0 Å². The van der Waals surface area contributed by atoms with Crippen LogP contribution in [0.2, 0.25) is 0 Å². The number of fused-ring (bicyclic) bond motifs is 1. The summed E-state index contributed by atoms with van der Waals surface area (Å²) in [6.07, 6.45) is 0. The van der Waals surface area contributed by atoms with E-state index < -0.39 is 0 Å². The quantitative estimate of drug-likeness (QED) is 0.412. The van der Waals surface area contributed by atoms with Gasteiger partial charge in [-0.1, -0.05) is 54.6 Å². The van der Waals surface area contributed by atoms with E-state index in [1.807, 2.05) is 64.4 Å². The third kappa shape index (κ3) is 5.13. The van der Waals surface area contributed by atoms with Crippen LogP contribution in [0.1, 0.15) is 26.3 Å². The van der Waals surface area contributed by atoms with Crippen LogP contribution in [0.4, 0.5) is 5.69 Å². The van der Waals surface area contributed by atoms with E-state index in [4.69, 9.17) is 0 Å². The molecule has 6 nitrogen and oxygen atoms in total. The molecule has 2 aliphatic rings. The molecule has 0 atom stereocenters. The van der Waals surface area contributed by atoms with Crippen molar-refractivity contribution in [2.24, 2.45) is 0 Å². The molecule has 38 heavy (non-hydrogen) atoms. The zero-order valence-electron chi connectivity index (χ0n) is 21.4. The van der Waals surface area contributed by atoms with Gasteiger partial charge in [0, 0.05) is 68.7 Å². The van der Waals surface area contributed by atoms with E-state index in [-0.39, 0.29) is 11.8 Å². The first-order chi connectivity index (χ1) is 18.6. The Kier molecular flexibility index (Phi) is 6.80. The van der Waals surface area contributed by atoms with Gasteiger partial charge in [-0.15, -0.1) is 0 Å². The van der Waals surface area contributed by atoms with Crippen LogP contribution in [0.25, 0.3) is 10.8 Å². The highest BCUT2D eigenvalue weighted by molar-refractivity contribution is 5.95. The van der Waals surface area contributed by atoms with Crippen molar-refractivity contribution in [2.75, 3.05) is 44.6 Å². The van der Waals surface area contributed by atoms with Crippen molar-refractivity contribution in [2.45, 2.75) is 12.6 Å². The molecule has 6 heteroatoms. The van der Waals surface area contributed by atoms with Crippen LogP contribution in [0.3, 0.4) is 0 Å². The Morgan fingerprint density at radius 2 is 1.29 bits per heavy atom. The molecule has 0 aliphatic carbocycles. The van der Waals surface area contributed by atoms with Crippen LogP contribution in [0, 0.1) is 0 Å². The Hall–Kier alpha value is -4.16. The number of amides is 2. The second-order valence-electron chi connectivity index (χ2n) is 10.2. The summed E-state index contributed by atoms with van der Waals surface area (Å²) in [5.74, 6) is 0.186. The van der Waals surface area contributed by atoms with Crippen LogP contribution in [-0.2, 0) is 6.54 Å². The number of nitrogens with zero attached hydrogens (tertiary/aromatic N) is 3. The second-order valence-corrected chi connectivity index (χ2v) is 10.2. The normalized spacial score (nSPS) is 16.3. The largest absolute Gasteiger partial charge is 0.381 e. The molecule has 1 N–H and O–H groups in total. The van der Waals surface area contributed by atoms with E-state index in [1.165, 1.54) is 16.3 Å². The molecule has 2 amide bonds. The lowest BCUT2D eigenvalue weighted by molar-refractivity contribution is 0.00854. The summed E-state index contributed by atoms with van der Waals surface area (Å²) < 4.78 is 0. The molecule has 4 aromatic carbocycles. The monoisotopic (exact) mass is 504 g/mol. The summed E-state index contributed by atoms with van der Waals surface area (Å²) in [5.41, 5.74) is 3.69. The van der Waals surface area contributed by atoms with Crippen LogP contribution in [0.5, 0.6) is 0 Å². The highest BCUT2D eigenvalue weighted by Gasteiger charge is 2.37. The van der Waals surface area contributed by atoms with Gasteiger partial charge >= 0.3 is 0 Å². The van der Waals surface area contributed by atoms with Gasteiger partial charge < -0.3 is 15.1 Å². The average Bonchev–Trinajstić information content (AvgIpc) is 2.96. The van der Waals surface area contributed by atoms with Gasteiger partial charge in [0.1, 0.15) is 0 Å². The maximum absolute atomic E-state index is 13.0. The first-order valence-corrected chi connectivity index (χ1v) is 13.3. The van der Waals surface area contributed by atoms with Crippen LogP contribution in [0.15, 0.2) is 97.1 Å². The molecule has 0 spiro atoms. The molecule has 2 heterocycles. The topological polar surface area (TPSA) is 55.9 Å². The summed E-state index contributed by atoms with van der Waals surface area (Å²) in [7, 11) is 0. The van der Waals surface area contributed by atoms with E-state index in [0.29, 0.717) is 6.04 Å². The number of piperazine rings is 1. The summed E-state index contributed by atoms with van der Waals surface area (Å²) in [6.45, 7) is 5.38. The summed E-state index contributed by atoms with van der Waals surface area (Å²) >= 11 is 0. The minimum atomic E-state index is 0.0835. The lowest BCUT2D eigenvalue weighted by atomic mass is 10.0. The number of likely N-dealkylation sites (tertiary alicyclic amines) is 1. The van der Waals surface area contributed by atoms with Crippen LogP contribution < -0.4 is 5.32 Å². The van der Waals surface area contributed by atoms with Crippen molar-refractivity contribution < 1.29 is 9.59 Å². The minimum Gasteiger partial charge on any atom is -0.381 e. The fourth-order valence-corrected chi connectivity index (χ4v) is 5.37. The van der Waals surface area contributed by atoms with Gasteiger partial charge in [0.05, 0.1) is 0 Å². The number of hydrogen-bond donors (Lipinski definition) is 1. The highest BCUT2D eigenvalue weighted by Crippen LogP contribution is 2.22. The van der Waals surface area contributed by atoms with Gasteiger partial charge in [-0.3, -0.25) is 14.5 Å². The predicted octanol–water partition coefficient (Wildman–Crippen LogP) is 4.73. The highest BCUT2D eigenvalue weighted by atomic mass is 16.2. The van der Waals surface area contributed by atoms with E-state index in [1.54, 1.807) is 0 Å². The Labute approximate surface area is 223 Å². The van der Waals surface area contributed by atoms with E-state index in [9.17, 15) is 9.59 Å². The number of carbonyl (C=O) groups excluding carboxylic acids is 2. The standard InChI is InChI=1S/C32H32N4O2/c37-31(26-7-2-1-3-8-26)35-18-16-34(17-19-35)30-22-36(23-30)32(38)27-12-14-29(15-13-27)33-21-24-10-11-25-6-4-5-9-28(25)20-24/h1-15,20,30,33H,16-19,21-23H2.